The standard InChI is InChI=1S/C9H16BrNO2/c1-3-4-5-11(7-8(2)12)9(13)6-10/h3-7H2,1-2H3. The highest BCUT2D eigenvalue weighted by Gasteiger charge is 2.12. The van der Waals surface area contributed by atoms with Crippen LogP contribution in [-0.4, -0.2) is 35.0 Å². The van der Waals surface area contributed by atoms with Crippen molar-refractivity contribution in [3.8, 4) is 0 Å². The van der Waals surface area contributed by atoms with Crippen molar-refractivity contribution < 1.29 is 9.59 Å². The fraction of sp³-hybridized carbons (Fsp3) is 0.778. The molecule has 0 aliphatic carbocycles. The van der Waals surface area contributed by atoms with Gasteiger partial charge in [-0.3, -0.25) is 9.59 Å². The Kier molecular flexibility index (Phi) is 6.86. The third-order valence-corrected chi connectivity index (χ3v) is 2.14. The quantitative estimate of drug-likeness (QED) is 0.671. The van der Waals surface area contributed by atoms with Crippen molar-refractivity contribution in [2.45, 2.75) is 26.7 Å². The minimum atomic E-state index is -0.0105. The molecule has 0 aromatic heterocycles. The SMILES string of the molecule is CCCCN(CC(C)=O)C(=O)CBr. The van der Waals surface area contributed by atoms with E-state index in [0.29, 0.717) is 11.9 Å². The summed E-state index contributed by atoms with van der Waals surface area (Å²) in [5, 5.41) is 0.296. The number of alkyl halides is 1. The van der Waals surface area contributed by atoms with E-state index in [0.717, 1.165) is 12.8 Å². The number of unbranched alkanes of at least 4 members (excludes halogenated alkanes) is 1. The van der Waals surface area contributed by atoms with Crippen LogP contribution in [0, 0.1) is 0 Å². The highest BCUT2D eigenvalue weighted by atomic mass is 79.9. The molecule has 0 heterocycles. The maximum atomic E-state index is 11.3. The van der Waals surface area contributed by atoms with Crippen LogP contribution in [0.3, 0.4) is 0 Å². The predicted octanol–water partition coefficient (Wildman–Crippen LogP) is 1.60. The van der Waals surface area contributed by atoms with E-state index in [9.17, 15) is 9.59 Å². The second-order valence-electron chi connectivity index (χ2n) is 3.00. The van der Waals surface area contributed by atoms with E-state index in [-0.39, 0.29) is 18.2 Å². The molecule has 0 N–H and O–H groups in total. The molecule has 0 aliphatic rings. The molecule has 0 aromatic rings. The van der Waals surface area contributed by atoms with Gasteiger partial charge in [0.1, 0.15) is 5.78 Å². The molecule has 0 spiro atoms. The van der Waals surface area contributed by atoms with Gasteiger partial charge in [0.05, 0.1) is 11.9 Å². The smallest absolute Gasteiger partial charge is 0.233 e. The van der Waals surface area contributed by atoms with E-state index in [2.05, 4.69) is 22.9 Å². The molecule has 13 heavy (non-hydrogen) atoms. The molecule has 0 saturated heterocycles. The Morgan fingerprint density at radius 1 is 1.38 bits per heavy atom. The van der Waals surface area contributed by atoms with Crippen LogP contribution in [0.15, 0.2) is 0 Å². The van der Waals surface area contributed by atoms with Gasteiger partial charge in [0.15, 0.2) is 0 Å². The summed E-state index contributed by atoms with van der Waals surface area (Å²) in [6.07, 6.45) is 1.98. The lowest BCUT2D eigenvalue weighted by atomic mass is 10.3. The van der Waals surface area contributed by atoms with Crippen molar-refractivity contribution >= 4 is 27.6 Å². The number of rotatable bonds is 6. The molecular weight excluding hydrogens is 234 g/mol. The van der Waals surface area contributed by atoms with Crippen LogP contribution in [0.25, 0.3) is 0 Å². The third kappa shape index (κ3) is 5.80. The van der Waals surface area contributed by atoms with Crippen LogP contribution in [0.5, 0.6) is 0 Å². The molecule has 0 bridgehead atoms. The Hall–Kier alpha value is -0.380. The normalized spacial score (nSPS) is 9.77. The van der Waals surface area contributed by atoms with Crippen LogP contribution >= 0.6 is 15.9 Å². The van der Waals surface area contributed by atoms with E-state index in [1.807, 2.05) is 0 Å². The average molecular weight is 250 g/mol. The maximum absolute atomic E-state index is 11.3. The van der Waals surface area contributed by atoms with Gasteiger partial charge in [-0.15, -0.1) is 0 Å². The van der Waals surface area contributed by atoms with Gasteiger partial charge in [-0.2, -0.15) is 0 Å². The van der Waals surface area contributed by atoms with Crippen molar-refractivity contribution in [2.24, 2.45) is 0 Å². The summed E-state index contributed by atoms with van der Waals surface area (Å²) in [5.41, 5.74) is 0. The molecule has 4 heteroatoms. The zero-order valence-corrected chi connectivity index (χ0v) is 9.76. The number of ketones is 1. The summed E-state index contributed by atoms with van der Waals surface area (Å²) >= 11 is 3.09. The molecular formula is C9H16BrNO2. The topological polar surface area (TPSA) is 37.4 Å². The number of amides is 1. The van der Waals surface area contributed by atoms with Gasteiger partial charge in [-0.25, -0.2) is 0 Å². The molecule has 0 unspecified atom stereocenters. The van der Waals surface area contributed by atoms with Gasteiger partial charge >= 0.3 is 0 Å². The van der Waals surface area contributed by atoms with Crippen LogP contribution in [-0.2, 0) is 9.59 Å². The van der Waals surface area contributed by atoms with Crippen LogP contribution in [0.1, 0.15) is 26.7 Å². The Bertz CT molecular complexity index is 182. The summed E-state index contributed by atoms with van der Waals surface area (Å²) in [4.78, 5) is 23.7. The second kappa shape index (κ2) is 7.06. The first-order valence-electron chi connectivity index (χ1n) is 4.45. The molecule has 0 saturated carbocycles. The summed E-state index contributed by atoms with van der Waals surface area (Å²) < 4.78 is 0. The number of carbonyl (C=O) groups is 2. The molecule has 3 nitrogen and oxygen atoms in total. The summed E-state index contributed by atoms with van der Waals surface area (Å²) in [6.45, 7) is 4.48. The number of hydrogen-bond acceptors (Lipinski definition) is 2. The Labute approximate surface area is 87.6 Å². The Morgan fingerprint density at radius 3 is 2.38 bits per heavy atom. The lowest BCUT2D eigenvalue weighted by Crippen LogP contribution is -2.36. The van der Waals surface area contributed by atoms with Gasteiger partial charge in [0, 0.05) is 6.54 Å². The van der Waals surface area contributed by atoms with Gasteiger partial charge in [-0.05, 0) is 13.3 Å². The van der Waals surface area contributed by atoms with Gasteiger partial charge in [0.2, 0.25) is 5.91 Å². The number of nitrogens with zero attached hydrogens (tertiary/aromatic N) is 1. The zero-order valence-electron chi connectivity index (χ0n) is 8.18. The number of carbonyl (C=O) groups excluding carboxylic acids is 2. The van der Waals surface area contributed by atoms with Crippen LogP contribution in [0.2, 0.25) is 0 Å². The number of Topliss-reactive ketones (excluding diaryl/α,β-unsaturated/α-hetero) is 1. The molecule has 0 rings (SSSR count). The summed E-state index contributed by atoms with van der Waals surface area (Å²) in [6, 6.07) is 0. The fourth-order valence-corrected chi connectivity index (χ4v) is 1.35. The van der Waals surface area contributed by atoms with E-state index >= 15 is 0 Å². The largest absolute Gasteiger partial charge is 0.335 e. The molecule has 76 valence electrons. The van der Waals surface area contributed by atoms with E-state index in [1.54, 1.807) is 4.90 Å². The average Bonchev–Trinajstić information content (AvgIpc) is 2.10. The first kappa shape index (κ1) is 12.6. The highest BCUT2D eigenvalue weighted by molar-refractivity contribution is 9.09. The van der Waals surface area contributed by atoms with Crippen LogP contribution < -0.4 is 0 Å². The van der Waals surface area contributed by atoms with Gasteiger partial charge in [0.25, 0.3) is 0 Å². The molecule has 0 radical (unpaired) electrons. The maximum Gasteiger partial charge on any atom is 0.233 e. The lowest BCUT2D eigenvalue weighted by Gasteiger charge is -2.19. The molecule has 0 aliphatic heterocycles. The van der Waals surface area contributed by atoms with Gasteiger partial charge in [-0.1, -0.05) is 29.3 Å². The second-order valence-corrected chi connectivity index (χ2v) is 3.57. The fourth-order valence-electron chi connectivity index (χ4n) is 0.994. The summed E-state index contributed by atoms with van der Waals surface area (Å²) in [5.74, 6) is 0.0223. The van der Waals surface area contributed by atoms with Crippen LogP contribution in [0.4, 0.5) is 0 Å². The molecule has 0 aromatic carbocycles. The van der Waals surface area contributed by atoms with Crippen molar-refractivity contribution in [3.63, 3.8) is 0 Å². The van der Waals surface area contributed by atoms with E-state index in [1.165, 1.54) is 6.92 Å². The molecule has 0 atom stereocenters. The van der Waals surface area contributed by atoms with Gasteiger partial charge < -0.3 is 4.90 Å². The van der Waals surface area contributed by atoms with E-state index in [4.69, 9.17) is 0 Å². The zero-order chi connectivity index (χ0) is 10.3. The van der Waals surface area contributed by atoms with Crippen molar-refractivity contribution in [3.05, 3.63) is 0 Å². The summed E-state index contributed by atoms with van der Waals surface area (Å²) in [7, 11) is 0. The molecule has 1 amide bonds. The van der Waals surface area contributed by atoms with Crippen molar-refractivity contribution in [1.29, 1.82) is 0 Å². The predicted molar refractivity (Wildman–Crippen MR) is 56.0 cm³/mol. The number of hydrogen-bond donors (Lipinski definition) is 0. The van der Waals surface area contributed by atoms with Crippen molar-refractivity contribution in [2.75, 3.05) is 18.4 Å². The molecule has 0 fully saturated rings. The highest BCUT2D eigenvalue weighted by Crippen LogP contribution is 1.98. The number of halogens is 1. The Balaban J connectivity index is 4.02. The first-order chi connectivity index (χ1) is 6.11. The third-order valence-electron chi connectivity index (χ3n) is 1.66. The van der Waals surface area contributed by atoms with Crippen molar-refractivity contribution in [1.82, 2.24) is 4.90 Å². The lowest BCUT2D eigenvalue weighted by molar-refractivity contribution is -0.132. The Morgan fingerprint density at radius 2 is 2.00 bits per heavy atom. The first-order valence-corrected chi connectivity index (χ1v) is 5.57. The monoisotopic (exact) mass is 249 g/mol. The minimum Gasteiger partial charge on any atom is -0.335 e. The minimum absolute atomic E-state index is 0.0105. The van der Waals surface area contributed by atoms with E-state index < -0.39 is 0 Å².